The van der Waals surface area contributed by atoms with Crippen molar-refractivity contribution in [2.24, 2.45) is 5.41 Å². The van der Waals surface area contributed by atoms with Gasteiger partial charge in [0.1, 0.15) is 17.1 Å². The number of aromatic nitrogens is 1. The summed E-state index contributed by atoms with van der Waals surface area (Å²) in [6.45, 7) is 1.25. The Morgan fingerprint density at radius 2 is 2.00 bits per heavy atom. The van der Waals surface area contributed by atoms with Crippen molar-refractivity contribution in [2.45, 2.75) is 31.4 Å². The van der Waals surface area contributed by atoms with Gasteiger partial charge in [0.25, 0.3) is 5.91 Å². The minimum absolute atomic E-state index is 0.0568. The summed E-state index contributed by atoms with van der Waals surface area (Å²) in [6.07, 6.45) is 4.83. The number of nitrogens with zero attached hydrogens (tertiary/aromatic N) is 1. The predicted molar refractivity (Wildman–Crippen MR) is 95.1 cm³/mol. The molecular weight excluding hydrogens is 332 g/mol. The smallest absolute Gasteiger partial charge is 0.256 e. The van der Waals surface area contributed by atoms with Crippen LogP contribution in [0.4, 0.5) is 0 Å². The second-order valence-corrected chi connectivity index (χ2v) is 6.91. The van der Waals surface area contributed by atoms with Crippen LogP contribution in [0, 0.1) is 5.41 Å². The van der Waals surface area contributed by atoms with Gasteiger partial charge in [-0.05, 0) is 37.5 Å². The topological polar surface area (TPSA) is 80.7 Å². The van der Waals surface area contributed by atoms with E-state index in [1.165, 1.54) is 6.20 Å². The Balaban J connectivity index is 1.50. The number of nitrogens with one attached hydrogen (secondary N) is 1. The summed E-state index contributed by atoms with van der Waals surface area (Å²) in [4.78, 5) is 16.9. The number of carbonyl (C=O) groups excluding carboxylic acids is 1. The third-order valence-electron chi connectivity index (χ3n) is 5.54. The number of hydrogen-bond donors (Lipinski definition) is 2. The third kappa shape index (κ3) is 3.06. The van der Waals surface area contributed by atoms with Gasteiger partial charge in [-0.1, -0.05) is 18.2 Å². The van der Waals surface area contributed by atoms with E-state index in [9.17, 15) is 9.90 Å². The van der Waals surface area contributed by atoms with E-state index in [0.29, 0.717) is 36.7 Å². The van der Waals surface area contributed by atoms with E-state index in [4.69, 9.17) is 9.47 Å². The van der Waals surface area contributed by atoms with E-state index in [1.807, 2.05) is 30.3 Å². The van der Waals surface area contributed by atoms with Crippen molar-refractivity contribution in [3.05, 3.63) is 54.4 Å². The Bertz CT molecular complexity index is 774. The number of ether oxygens (including phenoxy) is 2. The van der Waals surface area contributed by atoms with Crippen molar-refractivity contribution in [1.82, 2.24) is 10.3 Å². The third-order valence-corrected chi connectivity index (χ3v) is 5.54. The summed E-state index contributed by atoms with van der Waals surface area (Å²) >= 11 is 0. The second kappa shape index (κ2) is 7.05. The van der Waals surface area contributed by atoms with Gasteiger partial charge in [0.05, 0.1) is 6.10 Å². The molecule has 6 heteroatoms. The first-order chi connectivity index (χ1) is 12.7. The van der Waals surface area contributed by atoms with Gasteiger partial charge in [0, 0.05) is 37.1 Å². The van der Waals surface area contributed by atoms with Gasteiger partial charge in [0.2, 0.25) is 0 Å². The van der Waals surface area contributed by atoms with Crippen molar-refractivity contribution < 1.29 is 19.4 Å². The molecule has 1 saturated heterocycles. The standard InChI is InChI=1S/C20H22N2O4/c23-18-12-17(20(18)7-10-25-11-8-20)22-19(24)15-13-21-9-6-16(15)26-14-4-2-1-3-5-14/h1-6,9,13,17-18,23H,7-8,10-12H2,(H,22,24)/t17-,18-/m1/s1. The molecule has 0 radical (unpaired) electrons. The molecular formula is C20H22N2O4. The molecule has 1 amide bonds. The molecule has 1 aliphatic heterocycles. The van der Waals surface area contributed by atoms with Crippen LogP contribution in [0.2, 0.25) is 0 Å². The molecule has 0 bridgehead atoms. The first kappa shape index (κ1) is 17.0. The number of aliphatic hydroxyl groups excluding tert-OH is 1. The largest absolute Gasteiger partial charge is 0.456 e. The molecule has 1 aliphatic carbocycles. The van der Waals surface area contributed by atoms with Crippen LogP contribution in [0.1, 0.15) is 29.6 Å². The molecule has 1 aromatic heterocycles. The van der Waals surface area contributed by atoms with Gasteiger partial charge in [-0.2, -0.15) is 0 Å². The monoisotopic (exact) mass is 354 g/mol. The molecule has 1 aromatic carbocycles. The van der Waals surface area contributed by atoms with E-state index in [-0.39, 0.29) is 23.5 Å². The molecule has 1 spiro atoms. The Labute approximate surface area is 152 Å². The van der Waals surface area contributed by atoms with Crippen molar-refractivity contribution >= 4 is 5.91 Å². The van der Waals surface area contributed by atoms with Crippen LogP contribution in [0.15, 0.2) is 48.8 Å². The van der Waals surface area contributed by atoms with E-state index in [1.54, 1.807) is 12.3 Å². The van der Waals surface area contributed by atoms with E-state index in [2.05, 4.69) is 10.3 Å². The molecule has 2 fully saturated rings. The zero-order chi connectivity index (χ0) is 18.0. The van der Waals surface area contributed by atoms with Gasteiger partial charge < -0.3 is 19.9 Å². The second-order valence-electron chi connectivity index (χ2n) is 6.91. The number of aliphatic hydroxyl groups is 1. The summed E-state index contributed by atoms with van der Waals surface area (Å²) in [7, 11) is 0. The minimum Gasteiger partial charge on any atom is -0.456 e. The highest BCUT2D eigenvalue weighted by Crippen LogP contribution is 2.49. The lowest BCUT2D eigenvalue weighted by Gasteiger charge is -2.55. The zero-order valence-corrected chi connectivity index (χ0v) is 14.4. The van der Waals surface area contributed by atoms with Gasteiger partial charge >= 0.3 is 0 Å². The molecule has 1 saturated carbocycles. The maximum Gasteiger partial charge on any atom is 0.256 e. The van der Waals surface area contributed by atoms with Crippen LogP contribution in [-0.4, -0.2) is 41.4 Å². The molecule has 2 N–H and O–H groups in total. The number of hydrogen-bond acceptors (Lipinski definition) is 5. The Morgan fingerprint density at radius 1 is 1.23 bits per heavy atom. The fourth-order valence-electron chi connectivity index (χ4n) is 3.89. The van der Waals surface area contributed by atoms with Crippen LogP contribution in [0.25, 0.3) is 0 Å². The molecule has 2 atom stereocenters. The lowest BCUT2D eigenvalue weighted by molar-refractivity contribution is -0.145. The summed E-state index contributed by atoms with van der Waals surface area (Å²) in [6, 6.07) is 11.0. The Kier molecular flexibility index (Phi) is 4.61. The lowest BCUT2D eigenvalue weighted by atomic mass is 9.58. The molecule has 2 aromatic rings. The van der Waals surface area contributed by atoms with Crippen LogP contribution >= 0.6 is 0 Å². The fourth-order valence-corrected chi connectivity index (χ4v) is 3.89. The lowest BCUT2D eigenvalue weighted by Crippen LogP contribution is -2.65. The summed E-state index contributed by atoms with van der Waals surface area (Å²) in [5.74, 6) is 0.893. The Morgan fingerprint density at radius 3 is 2.73 bits per heavy atom. The van der Waals surface area contributed by atoms with Crippen molar-refractivity contribution in [1.29, 1.82) is 0 Å². The van der Waals surface area contributed by atoms with Crippen LogP contribution in [0.5, 0.6) is 11.5 Å². The number of rotatable bonds is 4. The average Bonchev–Trinajstić information content (AvgIpc) is 2.69. The van der Waals surface area contributed by atoms with Crippen molar-refractivity contribution in [3.63, 3.8) is 0 Å². The van der Waals surface area contributed by atoms with Gasteiger partial charge in [-0.25, -0.2) is 0 Å². The zero-order valence-electron chi connectivity index (χ0n) is 14.4. The maximum atomic E-state index is 12.8. The number of carbonyl (C=O) groups is 1. The first-order valence-electron chi connectivity index (χ1n) is 8.93. The van der Waals surface area contributed by atoms with E-state index in [0.717, 1.165) is 12.8 Å². The summed E-state index contributed by atoms with van der Waals surface area (Å²) in [5.41, 5.74) is 0.122. The van der Waals surface area contributed by atoms with Crippen molar-refractivity contribution in [3.8, 4) is 11.5 Å². The molecule has 2 heterocycles. The number of para-hydroxylation sites is 1. The van der Waals surface area contributed by atoms with Crippen LogP contribution in [0.3, 0.4) is 0 Å². The number of benzene rings is 1. The molecule has 2 aliphatic rings. The Hall–Kier alpha value is -2.44. The van der Waals surface area contributed by atoms with E-state index >= 15 is 0 Å². The highest BCUT2D eigenvalue weighted by Gasteiger charge is 2.55. The first-order valence-corrected chi connectivity index (χ1v) is 8.93. The van der Waals surface area contributed by atoms with E-state index < -0.39 is 0 Å². The maximum absolute atomic E-state index is 12.8. The SMILES string of the molecule is O=C(N[C@@H]1C[C@@H](O)C12CCOCC2)c1cnccc1Oc1ccccc1. The van der Waals surface area contributed by atoms with Gasteiger partial charge in [0.15, 0.2) is 0 Å². The molecule has 6 nitrogen and oxygen atoms in total. The number of amides is 1. The molecule has 4 rings (SSSR count). The predicted octanol–water partition coefficient (Wildman–Crippen LogP) is 2.53. The molecule has 26 heavy (non-hydrogen) atoms. The highest BCUT2D eigenvalue weighted by atomic mass is 16.5. The normalized spacial score (nSPS) is 23.9. The average molecular weight is 354 g/mol. The van der Waals surface area contributed by atoms with Gasteiger partial charge in [-0.3, -0.25) is 9.78 Å². The summed E-state index contributed by atoms with van der Waals surface area (Å²) in [5, 5.41) is 13.4. The highest BCUT2D eigenvalue weighted by molar-refractivity contribution is 5.97. The summed E-state index contributed by atoms with van der Waals surface area (Å²) < 4.78 is 11.3. The van der Waals surface area contributed by atoms with Crippen LogP contribution < -0.4 is 10.1 Å². The van der Waals surface area contributed by atoms with Gasteiger partial charge in [-0.15, -0.1) is 0 Å². The molecule has 0 unspecified atom stereocenters. The van der Waals surface area contributed by atoms with Crippen LogP contribution in [-0.2, 0) is 4.74 Å². The quantitative estimate of drug-likeness (QED) is 0.882. The van der Waals surface area contributed by atoms with Crippen molar-refractivity contribution in [2.75, 3.05) is 13.2 Å². The molecule has 136 valence electrons. The number of pyridine rings is 1. The minimum atomic E-state index is -0.384. The fraction of sp³-hybridized carbons (Fsp3) is 0.400.